The minimum atomic E-state index is -3.38. The Labute approximate surface area is 149 Å². The molecule has 0 radical (unpaired) electrons. The summed E-state index contributed by atoms with van der Waals surface area (Å²) in [5.74, 6) is -0.529. The molecule has 0 aromatic heterocycles. The summed E-state index contributed by atoms with van der Waals surface area (Å²) < 4.78 is 38.6. The Balaban J connectivity index is 1.81. The molecular weight excluding hydrogens is 345 g/mol. The Morgan fingerprint density at radius 2 is 2.08 bits per heavy atom. The SMILES string of the molecule is CN(CCCNC(=O)C1CCCCN1S(C)(=O)=O)c1ccccc1F. The molecule has 1 aliphatic rings. The second-order valence-corrected chi connectivity index (χ2v) is 8.34. The first kappa shape index (κ1) is 19.7. The van der Waals surface area contributed by atoms with Crippen LogP contribution in [0, 0.1) is 5.82 Å². The van der Waals surface area contributed by atoms with Gasteiger partial charge in [-0.2, -0.15) is 4.31 Å². The molecule has 0 saturated carbocycles. The number of carbonyl (C=O) groups excluding carboxylic acids is 1. The van der Waals surface area contributed by atoms with Crippen molar-refractivity contribution in [2.24, 2.45) is 0 Å². The van der Waals surface area contributed by atoms with Gasteiger partial charge in [-0.3, -0.25) is 4.79 Å². The molecule has 8 heteroatoms. The summed E-state index contributed by atoms with van der Waals surface area (Å²) in [6, 6.07) is 5.92. The number of benzene rings is 1. The lowest BCUT2D eigenvalue weighted by molar-refractivity contribution is -0.125. The van der Waals surface area contributed by atoms with E-state index in [9.17, 15) is 17.6 Å². The van der Waals surface area contributed by atoms with Crippen molar-refractivity contribution < 1.29 is 17.6 Å². The maximum atomic E-state index is 13.7. The minimum Gasteiger partial charge on any atom is -0.372 e. The molecule has 140 valence electrons. The van der Waals surface area contributed by atoms with Gasteiger partial charge in [-0.05, 0) is 31.4 Å². The van der Waals surface area contributed by atoms with E-state index in [1.807, 2.05) is 0 Å². The maximum Gasteiger partial charge on any atom is 0.238 e. The Kier molecular flexibility index (Phi) is 6.78. The van der Waals surface area contributed by atoms with Crippen LogP contribution >= 0.6 is 0 Å². The molecule has 25 heavy (non-hydrogen) atoms. The van der Waals surface area contributed by atoms with Crippen LogP contribution in [0.3, 0.4) is 0 Å². The predicted molar refractivity (Wildman–Crippen MR) is 96.5 cm³/mol. The summed E-state index contributed by atoms with van der Waals surface area (Å²) in [6.07, 6.45) is 3.96. The minimum absolute atomic E-state index is 0.251. The molecule has 1 unspecified atom stereocenters. The number of carbonyl (C=O) groups is 1. The van der Waals surface area contributed by atoms with E-state index in [1.165, 1.54) is 10.4 Å². The van der Waals surface area contributed by atoms with Crippen molar-refractivity contribution in [1.29, 1.82) is 0 Å². The molecule has 1 aliphatic heterocycles. The predicted octanol–water partition coefficient (Wildman–Crippen LogP) is 1.58. The molecule has 1 amide bonds. The second-order valence-electron chi connectivity index (χ2n) is 6.40. The monoisotopic (exact) mass is 371 g/mol. The van der Waals surface area contributed by atoms with Crippen molar-refractivity contribution in [2.45, 2.75) is 31.7 Å². The van der Waals surface area contributed by atoms with Crippen LogP contribution in [0.5, 0.6) is 0 Å². The zero-order chi connectivity index (χ0) is 18.4. The summed E-state index contributed by atoms with van der Waals surface area (Å²) in [7, 11) is -1.58. The molecule has 6 nitrogen and oxygen atoms in total. The van der Waals surface area contributed by atoms with Gasteiger partial charge < -0.3 is 10.2 Å². The van der Waals surface area contributed by atoms with Gasteiger partial charge in [-0.15, -0.1) is 0 Å². The summed E-state index contributed by atoms with van der Waals surface area (Å²) >= 11 is 0. The lowest BCUT2D eigenvalue weighted by Gasteiger charge is -2.32. The lowest BCUT2D eigenvalue weighted by atomic mass is 10.0. The fourth-order valence-electron chi connectivity index (χ4n) is 3.09. The van der Waals surface area contributed by atoms with Gasteiger partial charge in [-0.25, -0.2) is 12.8 Å². The molecular formula is C17H26FN3O3S. The van der Waals surface area contributed by atoms with Crippen LogP contribution in [0.25, 0.3) is 0 Å². The van der Waals surface area contributed by atoms with Gasteiger partial charge >= 0.3 is 0 Å². The van der Waals surface area contributed by atoms with Crippen LogP contribution in [0.4, 0.5) is 10.1 Å². The highest BCUT2D eigenvalue weighted by Gasteiger charge is 2.34. The lowest BCUT2D eigenvalue weighted by Crippen LogP contribution is -2.51. The zero-order valence-corrected chi connectivity index (χ0v) is 15.6. The Bertz CT molecular complexity index is 696. The average Bonchev–Trinajstić information content (AvgIpc) is 2.58. The normalized spacial score (nSPS) is 18.8. The summed E-state index contributed by atoms with van der Waals surface area (Å²) in [6.45, 7) is 1.40. The highest BCUT2D eigenvalue weighted by atomic mass is 32.2. The van der Waals surface area contributed by atoms with E-state index >= 15 is 0 Å². The first-order valence-electron chi connectivity index (χ1n) is 8.51. The molecule has 0 spiro atoms. The number of piperidine rings is 1. The van der Waals surface area contributed by atoms with E-state index in [-0.39, 0.29) is 11.7 Å². The van der Waals surface area contributed by atoms with E-state index < -0.39 is 16.1 Å². The molecule has 2 rings (SSSR count). The number of amides is 1. The molecule has 1 saturated heterocycles. The number of para-hydroxylation sites is 1. The van der Waals surface area contributed by atoms with E-state index in [0.717, 1.165) is 19.1 Å². The van der Waals surface area contributed by atoms with Crippen LogP contribution in [-0.4, -0.2) is 57.6 Å². The quantitative estimate of drug-likeness (QED) is 0.739. The molecule has 0 aliphatic carbocycles. The molecule has 1 aromatic rings. The van der Waals surface area contributed by atoms with E-state index in [2.05, 4.69) is 5.32 Å². The van der Waals surface area contributed by atoms with E-state index in [0.29, 0.717) is 38.2 Å². The third-order valence-corrected chi connectivity index (χ3v) is 5.70. The largest absolute Gasteiger partial charge is 0.372 e. The second kappa shape index (κ2) is 8.62. The first-order valence-corrected chi connectivity index (χ1v) is 10.4. The number of hydrogen-bond donors (Lipinski definition) is 1. The van der Waals surface area contributed by atoms with Crippen LogP contribution in [0.2, 0.25) is 0 Å². The van der Waals surface area contributed by atoms with Crippen LogP contribution in [0.15, 0.2) is 24.3 Å². The van der Waals surface area contributed by atoms with Crippen molar-refractivity contribution in [3.05, 3.63) is 30.1 Å². The number of anilines is 1. The summed E-state index contributed by atoms with van der Waals surface area (Å²) in [5, 5.41) is 2.81. The fourth-order valence-corrected chi connectivity index (χ4v) is 4.22. The number of sulfonamides is 1. The van der Waals surface area contributed by atoms with Gasteiger partial charge in [0.2, 0.25) is 15.9 Å². The Hall–Kier alpha value is -1.67. The van der Waals surface area contributed by atoms with Crippen molar-refractivity contribution in [3.8, 4) is 0 Å². The fraction of sp³-hybridized carbons (Fsp3) is 0.588. The standard InChI is InChI=1S/C17H26FN3O3S/c1-20(15-9-4-3-8-14(15)18)12-7-11-19-17(22)16-10-5-6-13-21(16)25(2,23)24/h3-4,8-9,16H,5-7,10-13H2,1-2H3,(H,19,22). The average molecular weight is 371 g/mol. The van der Waals surface area contributed by atoms with Gasteiger partial charge in [0.1, 0.15) is 11.9 Å². The van der Waals surface area contributed by atoms with Gasteiger partial charge in [0, 0.05) is 26.7 Å². The number of nitrogens with zero attached hydrogens (tertiary/aromatic N) is 2. The molecule has 1 aromatic carbocycles. The van der Waals surface area contributed by atoms with Crippen molar-refractivity contribution in [1.82, 2.24) is 9.62 Å². The van der Waals surface area contributed by atoms with Gasteiger partial charge in [0.05, 0.1) is 11.9 Å². The number of nitrogens with one attached hydrogen (secondary N) is 1. The third kappa shape index (κ3) is 5.40. The number of hydrogen-bond acceptors (Lipinski definition) is 4. The maximum absolute atomic E-state index is 13.7. The van der Waals surface area contributed by atoms with Crippen LogP contribution < -0.4 is 10.2 Å². The number of halogens is 1. The van der Waals surface area contributed by atoms with Crippen molar-refractivity contribution in [3.63, 3.8) is 0 Å². The number of rotatable bonds is 7. The van der Waals surface area contributed by atoms with Crippen molar-refractivity contribution >= 4 is 21.6 Å². The molecule has 1 N–H and O–H groups in total. The molecule has 1 heterocycles. The first-order chi connectivity index (χ1) is 11.8. The smallest absolute Gasteiger partial charge is 0.238 e. The highest BCUT2D eigenvalue weighted by Crippen LogP contribution is 2.20. The Morgan fingerprint density at radius 3 is 2.76 bits per heavy atom. The Morgan fingerprint density at radius 1 is 1.36 bits per heavy atom. The van der Waals surface area contributed by atoms with Crippen LogP contribution in [-0.2, 0) is 14.8 Å². The molecule has 1 fully saturated rings. The van der Waals surface area contributed by atoms with Gasteiger partial charge in [-0.1, -0.05) is 18.6 Å². The van der Waals surface area contributed by atoms with Gasteiger partial charge in [0.25, 0.3) is 0 Å². The van der Waals surface area contributed by atoms with Crippen LogP contribution in [0.1, 0.15) is 25.7 Å². The van der Waals surface area contributed by atoms with E-state index in [4.69, 9.17) is 0 Å². The summed E-state index contributed by atoms with van der Waals surface area (Å²) in [4.78, 5) is 14.1. The highest BCUT2D eigenvalue weighted by molar-refractivity contribution is 7.88. The van der Waals surface area contributed by atoms with Gasteiger partial charge in [0.15, 0.2) is 0 Å². The third-order valence-electron chi connectivity index (χ3n) is 4.42. The molecule has 0 bridgehead atoms. The van der Waals surface area contributed by atoms with E-state index in [1.54, 1.807) is 30.1 Å². The molecule has 1 atom stereocenters. The summed E-state index contributed by atoms with van der Waals surface area (Å²) in [5.41, 5.74) is 0.518. The van der Waals surface area contributed by atoms with Crippen molar-refractivity contribution in [2.75, 3.05) is 37.8 Å². The topological polar surface area (TPSA) is 69.7 Å². The zero-order valence-electron chi connectivity index (χ0n) is 14.7.